The van der Waals surface area contributed by atoms with E-state index in [1.807, 2.05) is 0 Å². The van der Waals surface area contributed by atoms with Crippen molar-refractivity contribution >= 4 is 43.1 Å². The van der Waals surface area contributed by atoms with Gasteiger partial charge in [0, 0.05) is 5.88 Å². The van der Waals surface area contributed by atoms with Crippen molar-refractivity contribution in [3.05, 3.63) is 0 Å². The molecular weight excluding hydrogens is 110 g/mol. The molecule has 0 unspecified atom stereocenters. The summed E-state index contributed by atoms with van der Waals surface area (Å²) in [5, 5.41) is 0. The summed E-state index contributed by atoms with van der Waals surface area (Å²) in [7, 11) is 0. The topological polar surface area (TPSA) is 0 Å². The second kappa shape index (κ2) is 9.53. The molecule has 3 heteroatoms. The van der Waals surface area contributed by atoms with Crippen LogP contribution in [0.1, 0.15) is 6.42 Å². The van der Waals surface area contributed by atoms with E-state index >= 15 is 0 Å². The summed E-state index contributed by atoms with van der Waals surface area (Å²) >= 11 is 9.17. The maximum atomic E-state index is 5.25. The third-order valence-electron chi connectivity index (χ3n) is 0.292. The summed E-state index contributed by atoms with van der Waals surface area (Å²) in [6.07, 6.45) is 1.02. The maximum absolute atomic E-state index is 5.25. The first-order valence-electron chi connectivity index (χ1n) is 1.58. The SMILES string of the molecule is SCCCCl.[LiH]. The molecule has 0 bridgehead atoms. The van der Waals surface area contributed by atoms with Crippen LogP contribution in [-0.4, -0.2) is 30.5 Å². The Bertz CT molecular complexity index is 18.3. The first-order valence-corrected chi connectivity index (χ1v) is 2.75. The van der Waals surface area contributed by atoms with E-state index in [9.17, 15) is 0 Å². The molecule has 34 valence electrons. The summed E-state index contributed by atoms with van der Waals surface area (Å²) in [5.41, 5.74) is 0. The summed E-state index contributed by atoms with van der Waals surface area (Å²) in [6, 6.07) is 0. The van der Waals surface area contributed by atoms with Crippen LogP contribution < -0.4 is 0 Å². The predicted octanol–water partition coefficient (Wildman–Crippen LogP) is 0.897. The molecule has 0 aliphatic heterocycles. The molecule has 0 aromatic carbocycles. The zero-order valence-electron chi connectivity index (χ0n) is 2.95. The van der Waals surface area contributed by atoms with Crippen molar-refractivity contribution < 1.29 is 0 Å². The predicted molar refractivity (Wildman–Crippen MR) is 36.3 cm³/mol. The van der Waals surface area contributed by atoms with Gasteiger partial charge >= 0.3 is 18.9 Å². The van der Waals surface area contributed by atoms with Gasteiger partial charge in [-0.25, -0.2) is 0 Å². The van der Waals surface area contributed by atoms with E-state index in [0.717, 1.165) is 18.1 Å². The Hall–Kier alpha value is 1.24. The van der Waals surface area contributed by atoms with Gasteiger partial charge in [-0.1, -0.05) is 0 Å². The fourth-order valence-electron chi connectivity index (χ4n) is 0.0598. The molecule has 0 aromatic heterocycles. The van der Waals surface area contributed by atoms with Crippen molar-refractivity contribution in [1.82, 2.24) is 0 Å². The number of halogens is 1. The summed E-state index contributed by atoms with van der Waals surface area (Å²) in [4.78, 5) is 0. The van der Waals surface area contributed by atoms with Gasteiger partial charge in [-0.05, 0) is 12.2 Å². The van der Waals surface area contributed by atoms with Gasteiger partial charge < -0.3 is 0 Å². The summed E-state index contributed by atoms with van der Waals surface area (Å²) in [5.74, 6) is 1.65. The van der Waals surface area contributed by atoms with E-state index in [-0.39, 0.29) is 18.9 Å². The van der Waals surface area contributed by atoms with Crippen LogP contribution in [0.3, 0.4) is 0 Å². The zero-order valence-corrected chi connectivity index (χ0v) is 4.60. The summed E-state index contributed by atoms with van der Waals surface area (Å²) in [6.45, 7) is 0. The van der Waals surface area contributed by atoms with Crippen molar-refractivity contribution in [2.45, 2.75) is 6.42 Å². The standard InChI is InChI=1S/C3H7ClS.Li.H/c4-2-1-3-5;;/h5H,1-3H2;;. The molecule has 0 heterocycles. The van der Waals surface area contributed by atoms with Crippen molar-refractivity contribution in [2.75, 3.05) is 11.6 Å². The van der Waals surface area contributed by atoms with E-state index in [4.69, 9.17) is 11.6 Å². The Morgan fingerprint density at radius 2 is 2.00 bits per heavy atom. The molecule has 0 fully saturated rings. The first kappa shape index (κ1) is 10.3. The molecule has 0 rings (SSSR count). The van der Waals surface area contributed by atoms with Crippen LogP contribution in [0.2, 0.25) is 0 Å². The van der Waals surface area contributed by atoms with Gasteiger partial charge in [0.25, 0.3) is 0 Å². The van der Waals surface area contributed by atoms with E-state index < -0.39 is 0 Å². The average molecular weight is 119 g/mol. The van der Waals surface area contributed by atoms with E-state index in [1.165, 1.54) is 0 Å². The van der Waals surface area contributed by atoms with Crippen molar-refractivity contribution in [3.63, 3.8) is 0 Å². The van der Waals surface area contributed by atoms with Gasteiger partial charge in [0.15, 0.2) is 0 Å². The Morgan fingerprint density at radius 1 is 1.50 bits per heavy atom. The number of hydrogen-bond acceptors (Lipinski definition) is 1. The minimum absolute atomic E-state index is 0. The quantitative estimate of drug-likeness (QED) is 0.311. The van der Waals surface area contributed by atoms with E-state index in [0.29, 0.717) is 0 Å². The van der Waals surface area contributed by atoms with Gasteiger partial charge in [-0.15, -0.1) is 11.6 Å². The van der Waals surface area contributed by atoms with Crippen LogP contribution in [-0.2, 0) is 0 Å². The van der Waals surface area contributed by atoms with Gasteiger partial charge in [0.05, 0.1) is 0 Å². The molecule has 0 atom stereocenters. The van der Waals surface area contributed by atoms with Crippen LogP contribution in [0, 0.1) is 0 Å². The normalized spacial score (nSPS) is 7.00. The molecule has 0 spiro atoms. The fraction of sp³-hybridized carbons (Fsp3) is 1.00. The number of alkyl halides is 1. The second-order valence-corrected chi connectivity index (χ2v) is 1.59. The molecule has 0 saturated heterocycles. The summed E-state index contributed by atoms with van der Waals surface area (Å²) < 4.78 is 0. The molecule has 0 aliphatic carbocycles. The van der Waals surface area contributed by atoms with Crippen molar-refractivity contribution in [1.29, 1.82) is 0 Å². The molecular formula is C3H8ClLiS. The van der Waals surface area contributed by atoms with Crippen LogP contribution >= 0.6 is 24.2 Å². The van der Waals surface area contributed by atoms with Crippen LogP contribution in [0.15, 0.2) is 0 Å². The molecule has 0 aromatic rings. The Labute approximate surface area is 61.2 Å². The Morgan fingerprint density at radius 3 is 2.00 bits per heavy atom. The average Bonchev–Trinajstić information content (AvgIpc) is 1.41. The van der Waals surface area contributed by atoms with E-state index in [1.54, 1.807) is 0 Å². The molecule has 0 N–H and O–H groups in total. The fourth-order valence-corrected chi connectivity index (χ4v) is 0.538. The number of hydrogen-bond donors (Lipinski definition) is 1. The zero-order chi connectivity index (χ0) is 4.12. The van der Waals surface area contributed by atoms with E-state index in [2.05, 4.69) is 12.6 Å². The third kappa shape index (κ3) is 8.97. The van der Waals surface area contributed by atoms with Gasteiger partial charge in [0.1, 0.15) is 0 Å². The molecule has 0 radical (unpaired) electrons. The molecule has 6 heavy (non-hydrogen) atoms. The van der Waals surface area contributed by atoms with Crippen LogP contribution in [0.4, 0.5) is 0 Å². The number of rotatable bonds is 2. The van der Waals surface area contributed by atoms with Gasteiger partial charge in [0.2, 0.25) is 0 Å². The Balaban J connectivity index is 0. The van der Waals surface area contributed by atoms with Crippen molar-refractivity contribution in [2.24, 2.45) is 0 Å². The monoisotopic (exact) mass is 118 g/mol. The molecule has 0 amide bonds. The van der Waals surface area contributed by atoms with Gasteiger partial charge in [-0.2, -0.15) is 12.6 Å². The Kier molecular flexibility index (Phi) is 16.3. The molecule has 0 nitrogen and oxygen atoms in total. The minimum atomic E-state index is 0. The van der Waals surface area contributed by atoms with Crippen LogP contribution in [0.5, 0.6) is 0 Å². The van der Waals surface area contributed by atoms with Gasteiger partial charge in [-0.3, -0.25) is 0 Å². The first-order chi connectivity index (χ1) is 2.41. The molecule has 0 saturated carbocycles. The third-order valence-corrected chi connectivity index (χ3v) is 0.875. The number of thiol groups is 1. The molecule has 0 aliphatic rings. The van der Waals surface area contributed by atoms with Crippen LogP contribution in [0.25, 0.3) is 0 Å². The second-order valence-electron chi connectivity index (χ2n) is 0.766. The van der Waals surface area contributed by atoms with Crippen molar-refractivity contribution in [3.8, 4) is 0 Å².